The lowest BCUT2D eigenvalue weighted by molar-refractivity contribution is -0.137. The molecule has 2 heterocycles. The zero-order valence-corrected chi connectivity index (χ0v) is 18.1. The molecule has 6 heteroatoms. The molecule has 160 valence electrons. The van der Waals surface area contributed by atoms with Crippen molar-refractivity contribution in [2.24, 2.45) is 11.8 Å². The van der Waals surface area contributed by atoms with Crippen molar-refractivity contribution < 1.29 is 19.4 Å². The number of carboxylic acid groups (broad SMARTS) is 1. The summed E-state index contributed by atoms with van der Waals surface area (Å²) in [6.07, 6.45) is 16.2. The number of carboxylic acids is 1. The van der Waals surface area contributed by atoms with Gasteiger partial charge >= 0.3 is 5.97 Å². The second kappa shape index (κ2) is 13.2. The molecule has 2 aliphatic rings. The van der Waals surface area contributed by atoms with Crippen LogP contribution in [0.2, 0.25) is 0 Å². The average Bonchev–Trinajstić information content (AvgIpc) is 3.26. The van der Waals surface area contributed by atoms with Crippen molar-refractivity contribution in [3.63, 3.8) is 0 Å². The molecule has 0 amide bonds. The fourth-order valence-corrected chi connectivity index (χ4v) is 4.59. The Bertz CT molecular complexity index is 511. The van der Waals surface area contributed by atoms with E-state index in [0.29, 0.717) is 35.8 Å². The van der Waals surface area contributed by atoms with E-state index < -0.39 is 5.97 Å². The Morgan fingerprint density at radius 3 is 2.71 bits per heavy atom. The van der Waals surface area contributed by atoms with Crippen LogP contribution in [-0.4, -0.2) is 41.6 Å². The maximum absolute atomic E-state index is 10.6. The van der Waals surface area contributed by atoms with Crippen LogP contribution < -0.4 is 5.32 Å². The molecule has 2 bridgehead atoms. The first-order valence-corrected chi connectivity index (χ1v) is 11.5. The van der Waals surface area contributed by atoms with Gasteiger partial charge in [0, 0.05) is 13.0 Å². The average molecular weight is 412 g/mol. The molecule has 2 rings (SSSR count). The standard InChI is InChI=1S/C22H37NO4S/c1-2-3-15-23-22(28)26-16-9-8-11-18-17(19-13-14-20(18)27-19)10-6-4-5-7-12-21(24)25/h4,6,17-20H,2-3,5,7-16H2,1H3,(H,23,28)(H,24,25)/t17-,18+,19-,20+/m1/s1. The van der Waals surface area contributed by atoms with Crippen LogP contribution in [0.4, 0.5) is 0 Å². The highest BCUT2D eigenvalue weighted by Crippen LogP contribution is 2.47. The van der Waals surface area contributed by atoms with Gasteiger partial charge in [0.15, 0.2) is 0 Å². The number of fused-ring (bicyclic) bond motifs is 2. The number of allylic oxidation sites excluding steroid dienone is 2. The molecule has 0 aromatic carbocycles. The van der Waals surface area contributed by atoms with Crippen LogP contribution >= 0.6 is 12.2 Å². The highest BCUT2D eigenvalue weighted by molar-refractivity contribution is 7.80. The molecule has 2 fully saturated rings. The van der Waals surface area contributed by atoms with Crippen molar-refractivity contribution in [3.05, 3.63) is 12.2 Å². The van der Waals surface area contributed by atoms with Gasteiger partial charge in [-0.15, -0.1) is 0 Å². The van der Waals surface area contributed by atoms with Gasteiger partial charge in [-0.1, -0.05) is 25.5 Å². The lowest BCUT2D eigenvalue weighted by atomic mass is 9.75. The largest absolute Gasteiger partial charge is 0.481 e. The van der Waals surface area contributed by atoms with Gasteiger partial charge in [-0.2, -0.15) is 0 Å². The Balaban J connectivity index is 1.61. The van der Waals surface area contributed by atoms with Crippen LogP contribution in [0.15, 0.2) is 12.2 Å². The van der Waals surface area contributed by atoms with Crippen molar-refractivity contribution in [1.82, 2.24) is 5.32 Å². The Morgan fingerprint density at radius 2 is 1.96 bits per heavy atom. The lowest BCUT2D eigenvalue weighted by Crippen LogP contribution is -2.27. The van der Waals surface area contributed by atoms with E-state index in [1.807, 2.05) is 0 Å². The summed E-state index contributed by atoms with van der Waals surface area (Å²) in [5, 5.41) is 12.4. The van der Waals surface area contributed by atoms with Crippen molar-refractivity contribution in [3.8, 4) is 0 Å². The van der Waals surface area contributed by atoms with Gasteiger partial charge in [0.05, 0.1) is 18.8 Å². The Labute approximate surface area is 175 Å². The maximum atomic E-state index is 10.6. The minimum Gasteiger partial charge on any atom is -0.481 e. The van der Waals surface area contributed by atoms with Crippen LogP contribution in [-0.2, 0) is 14.3 Å². The molecular formula is C22H37NO4S. The molecule has 0 radical (unpaired) electrons. The molecule has 0 aromatic heterocycles. The number of ether oxygens (including phenoxy) is 2. The van der Waals surface area contributed by atoms with Gasteiger partial charge in [0.2, 0.25) is 0 Å². The van der Waals surface area contributed by atoms with Crippen LogP contribution in [0.5, 0.6) is 0 Å². The topological polar surface area (TPSA) is 67.8 Å². The van der Waals surface area contributed by atoms with Crippen LogP contribution in [0.25, 0.3) is 0 Å². The minimum absolute atomic E-state index is 0.254. The van der Waals surface area contributed by atoms with Gasteiger partial charge in [0.1, 0.15) is 0 Å². The summed E-state index contributed by atoms with van der Waals surface area (Å²) in [6, 6.07) is 0. The van der Waals surface area contributed by atoms with Crippen molar-refractivity contribution >= 4 is 23.4 Å². The summed E-state index contributed by atoms with van der Waals surface area (Å²) in [7, 11) is 0. The molecule has 0 aromatic rings. The van der Waals surface area contributed by atoms with Crippen molar-refractivity contribution in [2.45, 2.75) is 89.8 Å². The maximum Gasteiger partial charge on any atom is 0.303 e. The molecule has 28 heavy (non-hydrogen) atoms. The number of hydrogen-bond donors (Lipinski definition) is 2. The summed E-state index contributed by atoms with van der Waals surface area (Å²) in [6.45, 7) is 3.74. The van der Waals surface area contributed by atoms with Crippen molar-refractivity contribution in [2.75, 3.05) is 13.2 Å². The number of aliphatic carboxylic acids is 1. The van der Waals surface area contributed by atoms with E-state index in [1.54, 1.807) is 0 Å². The fourth-order valence-electron chi connectivity index (χ4n) is 4.40. The van der Waals surface area contributed by atoms with E-state index in [0.717, 1.165) is 51.5 Å². The van der Waals surface area contributed by atoms with Gasteiger partial charge in [0.25, 0.3) is 5.17 Å². The Kier molecular flexibility index (Phi) is 10.9. The second-order valence-corrected chi connectivity index (χ2v) is 8.39. The fraction of sp³-hybridized carbons (Fsp3) is 0.818. The molecule has 2 saturated heterocycles. The molecule has 4 atom stereocenters. The first-order valence-electron chi connectivity index (χ1n) is 11.0. The highest BCUT2D eigenvalue weighted by atomic mass is 32.1. The smallest absolute Gasteiger partial charge is 0.303 e. The number of hydrogen-bond acceptors (Lipinski definition) is 4. The molecule has 0 unspecified atom stereocenters. The van der Waals surface area contributed by atoms with Crippen LogP contribution in [0.3, 0.4) is 0 Å². The lowest BCUT2D eigenvalue weighted by Gasteiger charge is -2.27. The molecule has 5 nitrogen and oxygen atoms in total. The SMILES string of the molecule is CCCCNC(=S)OCCCC[C@H]1[C@@H](CC=CCCCC(=O)O)[C@H]2CC[C@@H]1O2. The molecule has 0 spiro atoms. The Hall–Kier alpha value is -1.14. The zero-order valence-electron chi connectivity index (χ0n) is 17.2. The second-order valence-electron chi connectivity index (χ2n) is 8.02. The molecule has 0 saturated carbocycles. The predicted octanol–water partition coefficient (Wildman–Crippen LogP) is 4.84. The zero-order chi connectivity index (χ0) is 20.2. The third kappa shape index (κ3) is 8.08. The normalized spacial score (nSPS) is 26.0. The molecule has 2 N–H and O–H groups in total. The third-order valence-electron chi connectivity index (χ3n) is 5.89. The van der Waals surface area contributed by atoms with E-state index >= 15 is 0 Å². The number of unbranched alkanes of at least 4 members (excludes halogenated alkanes) is 3. The summed E-state index contributed by atoms with van der Waals surface area (Å²) < 4.78 is 11.8. The van der Waals surface area contributed by atoms with Crippen molar-refractivity contribution in [1.29, 1.82) is 0 Å². The van der Waals surface area contributed by atoms with E-state index in [-0.39, 0.29) is 6.42 Å². The van der Waals surface area contributed by atoms with E-state index in [2.05, 4.69) is 24.4 Å². The summed E-state index contributed by atoms with van der Waals surface area (Å²) in [4.78, 5) is 10.6. The van der Waals surface area contributed by atoms with Gasteiger partial charge < -0.3 is 19.9 Å². The Morgan fingerprint density at radius 1 is 1.18 bits per heavy atom. The van der Waals surface area contributed by atoms with E-state index in [9.17, 15) is 4.79 Å². The summed E-state index contributed by atoms with van der Waals surface area (Å²) in [5.41, 5.74) is 0. The first-order chi connectivity index (χ1) is 13.6. The molecule has 2 aliphatic heterocycles. The summed E-state index contributed by atoms with van der Waals surface area (Å²) in [5.74, 6) is 0.556. The van der Waals surface area contributed by atoms with Gasteiger partial charge in [-0.25, -0.2) is 0 Å². The summed E-state index contributed by atoms with van der Waals surface area (Å²) >= 11 is 5.18. The number of thiocarbonyl (C=S) groups is 1. The molecular weight excluding hydrogens is 374 g/mol. The van der Waals surface area contributed by atoms with Gasteiger partial charge in [-0.3, -0.25) is 4.79 Å². The van der Waals surface area contributed by atoms with Crippen LogP contribution in [0, 0.1) is 11.8 Å². The monoisotopic (exact) mass is 411 g/mol. The minimum atomic E-state index is -0.712. The van der Waals surface area contributed by atoms with E-state index in [4.69, 9.17) is 26.8 Å². The third-order valence-corrected chi connectivity index (χ3v) is 6.15. The highest BCUT2D eigenvalue weighted by Gasteiger charge is 2.47. The predicted molar refractivity (Wildman–Crippen MR) is 115 cm³/mol. The van der Waals surface area contributed by atoms with E-state index in [1.165, 1.54) is 19.3 Å². The first kappa shape index (κ1) is 23.1. The number of carbonyl (C=O) groups is 1. The number of nitrogens with one attached hydrogen (secondary N) is 1. The van der Waals surface area contributed by atoms with Gasteiger partial charge in [-0.05, 0) is 81.8 Å². The molecule has 0 aliphatic carbocycles. The number of rotatable bonds is 14. The quantitative estimate of drug-likeness (QED) is 0.242. The van der Waals surface area contributed by atoms with Crippen LogP contribution in [0.1, 0.15) is 77.6 Å².